The molecule has 2 aromatic carbocycles. The summed E-state index contributed by atoms with van der Waals surface area (Å²) in [7, 11) is -3.57. The maximum atomic E-state index is 13.6. The topological polar surface area (TPSA) is 75.7 Å². The van der Waals surface area contributed by atoms with Crippen LogP contribution in [-0.4, -0.2) is 31.1 Å². The summed E-state index contributed by atoms with van der Waals surface area (Å²) in [6.07, 6.45) is 8.38. The summed E-state index contributed by atoms with van der Waals surface area (Å²) in [5.74, 6) is 2.57. The first kappa shape index (κ1) is 22.3. The Morgan fingerprint density at radius 2 is 1.42 bits per heavy atom. The second-order valence-electron chi connectivity index (χ2n) is 10.4. The minimum absolute atomic E-state index is 0.0164. The van der Waals surface area contributed by atoms with E-state index in [0.717, 1.165) is 54.4 Å². The minimum atomic E-state index is -3.57. The molecule has 1 N–H and O–H groups in total. The number of benzene rings is 2. The second-order valence-corrected chi connectivity index (χ2v) is 12.0. The minimum Gasteiger partial charge on any atom is -0.383 e. The lowest BCUT2D eigenvalue weighted by Crippen LogP contribution is -2.61. The third-order valence-electron chi connectivity index (χ3n) is 7.46. The molecule has 6 nitrogen and oxygen atoms in total. The molecule has 0 atom stereocenters. The van der Waals surface area contributed by atoms with Gasteiger partial charge < -0.3 is 14.4 Å². The number of carbonyl (C=O) groups is 1. The Kier molecular flexibility index (Phi) is 5.85. The fraction of sp³-hybridized carbons (Fsp3) is 0.500. The molecule has 33 heavy (non-hydrogen) atoms. The number of urea groups is 1. The number of nitrogens with one attached hydrogen (secondary N) is 1. The van der Waals surface area contributed by atoms with Crippen molar-refractivity contribution in [3.05, 3.63) is 65.7 Å². The van der Waals surface area contributed by atoms with Gasteiger partial charge in [-0.2, -0.15) is 8.42 Å². The molecular formula is C26H32N2O4S. The van der Waals surface area contributed by atoms with Crippen molar-refractivity contribution in [1.82, 2.24) is 10.2 Å². The van der Waals surface area contributed by atoms with E-state index in [2.05, 4.69) is 5.32 Å². The molecule has 0 unspecified atom stereocenters. The molecule has 7 heteroatoms. The molecule has 6 rings (SSSR count). The van der Waals surface area contributed by atoms with E-state index in [1.54, 1.807) is 12.1 Å². The predicted octanol–water partition coefficient (Wildman–Crippen LogP) is 4.71. The van der Waals surface area contributed by atoms with Gasteiger partial charge >= 0.3 is 16.1 Å². The van der Waals surface area contributed by atoms with Gasteiger partial charge in [0.25, 0.3) is 0 Å². The summed E-state index contributed by atoms with van der Waals surface area (Å²) in [5, 5.41) is 3.49. The van der Waals surface area contributed by atoms with Crippen LogP contribution in [0.5, 0.6) is 5.75 Å². The Hall–Kier alpha value is -2.54. The Bertz CT molecular complexity index is 1060. The van der Waals surface area contributed by atoms with Gasteiger partial charge in [0.15, 0.2) is 0 Å². The highest BCUT2D eigenvalue weighted by molar-refractivity contribution is 7.86. The molecular weight excluding hydrogens is 436 g/mol. The van der Waals surface area contributed by atoms with E-state index in [1.165, 1.54) is 19.3 Å². The molecule has 2 aromatic rings. The fourth-order valence-corrected chi connectivity index (χ4v) is 7.08. The van der Waals surface area contributed by atoms with Crippen molar-refractivity contribution in [1.29, 1.82) is 0 Å². The van der Waals surface area contributed by atoms with E-state index in [1.807, 2.05) is 47.4 Å². The lowest BCUT2D eigenvalue weighted by Gasteiger charge is -2.57. The number of rotatable bonds is 7. The van der Waals surface area contributed by atoms with Crippen molar-refractivity contribution in [2.75, 3.05) is 6.26 Å². The largest absolute Gasteiger partial charge is 0.383 e. The van der Waals surface area contributed by atoms with Gasteiger partial charge in [-0.15, -0.1) is 0 Å². The molecule has 0 aromatic heterocycles. The van der Waals surface area contributed by atoms with Crippen molar-refractivity contribution < 1.29 is 17.4 Å². The van der Waals surface area contributed by atoms with Crippen molar-refractivity contribution in [3.63, 3.8) is 0 Å². The number of nitrogens with zero attached hydrogens (tertiary/aromatic N) is 1. The van der Waals surface area contributed by atoms with Gasteiger partial charge in [0.1, 0.15) is 5.75 Å². The monoisotopic (exact) mass is 468 g/mol. The summed E-state index contributed by atoms with van der Waals surface area (Å²) < 4.78 is 27.7. The highest BCUT2D eigenvalue weighted by atomic mass is 32.2. The van der Waals surface area contributed by atoms with Crippen LogP contribution < -0.4 is 9.50 Å². The smallest absolute Gasteiger partial charge is 0.318 e. The highest BCUT2D eigenvalue weighted by Crippen LogP contribution is 2.55. The maximum absolute atomic E-state index is 13.6. The summed E-state index contributed by atoms with van der Waals surface area (Å²) in [4.78, 5) is 15.5. The highest BCUT2D eigenvalue weighted by Gasteiger charge is 2.51. The SMILES string of the molecule is CS(=O)(=O)Oc1ccc(CN(Cc2ccccc2)C(=O)NC23CC4CC(CC(C4)C2)C3)cc1. The van der Waals surface area contributed by atoms with E-state index in [-0.39, 0.29) is 17.3 Å². The molecule has 0 radical (unpaired) electrons. The summed E-state index contributed by atoms with van der Waals surface area (Å²) in [5.41, 5.74) is 1.95. The molecule has 176 valence electrons. The lowest BCUT2D eigenvalue weighted by atomic mass is 9.53. The molecule has 2 amide bonds. The van der Waals surface area contributed by atoms with Gasteiger partial charge in [0.05, 0.1) is 6.26 Å². The van der Waals surface area contributed by atoms with Crippen LogP contribution in [0.2, 0.25) is 0 Å². The molecule has 0 aliphatic heterocycles. The zero-order valence-electron chi connectivity index (χ0n) is 19.1. The van der Waals surface area contributed by atoms with Crippen molar-refractivity contribution in [3.8, 4) is 5.75 Å². The first-order valence-corrected chi connectivity index (χ1v) is 13.7. The van der Waals surface area contributed by atoms with E-state index in [0.29, 0.717) is 13.1 Å². The van der Waals surface area contributed by atoms with Gasteiger partial charge in [0, 0.05) is 18.6 Å². The van der Waals surface area contributed by atoms with Crippen LogP contribution >= 0.6 is 0 Å². The Balaban J connectivity index is 1.33. The predicted molar refractivity (Wildman–Crippen MR) is 127 cm³/mol. The normalized spacial score (nSPS) is 27.8. The average Bonchev–Trinajstić information content (AvgIpc) is 2.73. The number of amides is 2. The number of carbonyl (C=O) groups excluding carboxylic acids is 1. The standard InChI is InChI=1S/C26H32N2O4S/c1-33(30,31)32-24-9-7-20(8-10-24)18-28(17-19-5-3-2-4-6-19)25(29)27-26-14-21-11-22(15-26)13-23(12-21)16-26/h2-10,21-23H,11-18H2,1H3,(H,27,29). The van der Waals surface area contributed by atoms with Crippen LogP contribution in [0.3, 0.4) is 0 Å². The zero-order valence-corrected chi connectivity index (χ0v) is 19.9. The Morgan fingerprint density at radius 1 is 0.909 bits per heavy atom. The van der Waals surface area contributed by atoms with E-state index < -0.39 is 10.1 Å². The van der Waals surface area contributed by atoms with E-state index >= 15 is 0 Å². The molecule has 0 heterocycles. The summed E-state index contributed by atoms with van der Waals surface area (Å²) in [6, 6.07) is 16.9. The summed E-state index contributed by atoms with van der Waals surface area (Å²) >= 11 is 0. The first-order valence-electron chi connectivity index (χ1n) is 11.8. The number of hydrogen-bond donors (Lipinski definition) is 1. The molecule has 4 fully saturated rings. The fourth-order valence-electron chi connectivity index (χ4n) is 6.62. The quantitative estimate of drug-likeness (QED) is 0.598. The van der Waals surface area contributed by atoms with Crippen LogP contribution in [0, 0.1) is 17.8 Å². The van der Waals surface area contributed by atoms with Gasteiger partial charge in [-0.1, -0.05) is 42.5 Å². The van der Waals surface area contributed by atoms with Crippen LogP contribution in [0.15, 0.2) is 54.6 Å². The van der Waals surface area contributed by atoms with E-state index in [4.69, 9.17) is 4.18 Å². The Labute approximate surface area is 196 Å². The maximum Gasteiger partial charge on any atom is 0.318 e. The van der Waals surface area contributed by atoms with Crippen LogP contribution in [-0.2, 0) is 23.2 Å². The molecule has 0 spiro atoms. The lowest BCUT2D eigenvalue weighted by molar-refractivity contribution is -0.0159. The van der Waals surface area contributed by atoms with Crippen molar-refractivity contribution in [2.45, 2.75) is 57.2 Å². The molecule has 0 saturated heterocycles. The number of hydrogen-bond acceptors (Lipinski definition) is 4. The molecule has 4 saturated carbocycles. The summed E-state index contributed by atoms with van der Waals surface area (Å²) in [6.45, 7) is 0.951. The average molecular weight is 469 g/mol. The molecule has 4 aliphatic rings. The van der Waals surface area contributed by atoms with E-state index in [9.17, 15) is 13.2 Å². The van der Waals surface area contributed by atoms with Gasteiger partial charge in [-0.25, -0.2) is 4.79 Å². The van der Waals surface area contributed by atoms with Crippen molar-refractivity contribution >= 4 is 16.1 Å². The molecule has 4 bridgehead atoms. The van der Waals surface area contributed by atoms with Crippen LogP contribution in [0.1, 0.15) is 49.7 Å². The second kappa shape index (κ2) is 8.67. The first-order chi connectivity index (χ1) is 15.8. The van der Waals surface area contributed by atoms with Gasteiger partial charge in [-0.05, 0) is 79.5 Å². The van der Waals surface area contributed by atoms with Crippen LogP contribution in [0.4, 0.5) is 4.79 Å². The Morgan fingerprint density at radius 3 is 1.94 bits per heavy atom. The third kappa shape index (κ3) is 5.35. The third-order valence-corrected chi connectivity index (χ3v) is 7.95. The zero-order chi connectivity index (χ0) is 23.1. The van der Waals surface area contributed by atoms with Crippen LogP contribution in [0.25, 0.3) is 0 Å². The van der Waals surface area contributed by atoms with Crippen molar-refractivity contribution in [2.24, 2.45) is 17.8 Å². The van der Waals surface area contributed by atoms with Gasteiger partial charge in [0.2, 0.25) is 0 Å². The van der Waals surface area contributed by atoms with Gasteiger partial charge in [-0.3, -0.25) is 0 Å². The molecule has 4 aliphatic carbocycles.